The van der Waals surface area contributed by atoms with Gasteiger partial charge in [0.2, 0.25) is 5.95 Å². The van der Waals surface area contributed by atoms with E-state index in [-0.39, 0.29) is 0 Å². The van der Waals surface area contributed by atoms with Gasteiger partial charge in [-0.25, -0.2) is 13.8 Å². The molecule has 2 bridgehead atoms. The fourth-order valence-corrected chi connectivity index (χ4v) is 9.01. The predicted molar refractivity (Wildman–Crippen MR) is 210 cm³/mol. The summed E-state index contributed by atoms with van der Waals surface area (Å²) in [5, 5.41) is 8.22. The molecule has 8 nitrogen and oxygen atoms in total. The monoisotopic (exact) mass is 718 g/mol. The van der Waals surface area contributed by atoms with Crippen LogP contribution in [0, 0.1) is 30.4 Å². The van der Waals surface area contributed by atoms with Crippen LogP contribution in [-0.4, -0.2) is 61.4 Å². The maximum Gasteiger partial charge on any atom is 0.208 e. The Balaban J connectivity index is 0.970. The molecule has 2 aromatic carbocycles. The Morgan fingerprint density at radius 3 is 2.43 bits per heavy atom. The van der Waals surface area contributed by atoms with Crippen molar-refractivity contribution < 1.29 is 8.78 Å². The first-order valence-electron chi connectivity index (χ1n) is 19.6. The highest BCUT2D eigenvalue weighted by Crippen LogP contribution is 2.33. The van der Waals surface area contributed by atoms with E-state index in [1.54, 1.807) is 0 Å². The van der Waals surface area contributed by atoms with Crippen LogP contribution in [0.3, 0.4) is 0 Å². The quantitative estimate of drug-likeness (QED) is 0.201. The number of imidazole rings is 1. The van der Waals surface area contributed by atoms with Crippen LogP contribution >= 0.6 is 0 Å². The first-order valence-corrected chi connectivity index (χ1v) is 19.6. The molecular weight excluding hydrogens is 667 g/mol. The number of piperidine rings is 2. The molecule has 3 aliphatic heterocycles. The van der Waals surface area contributed by atoms with Gasteiger partial charge in [-0.15, -0.1) is 0 Å². The van der Waals surface area contributed by atoms with Gasteiger partial charge < -0.3 is 19.7 Å². The van der Waals surface area contributed by atoms with E-state index >= 15 is 0 Å². The van der Waals surface area contributed by atoms with Gasteiger partial charge in [0.05, 0.1) is 22.9 Å². The summed E-state index contributed by atoms with van der Waals surface area (Å²) in [6.45, 7) is 13.9. The molecule has 0 amide bonds. The molecule has 0 unspecified atom stereocenters. The Hall–Kier alpha value is -4.57. The molecular formula is C43H52F2N8. The van der Waals surface area contributed by atoms with E-state index in [4.69, 9.17) is 9.97 Å². The average molecular weight is 719 g/mol. The zero-order chi connectivity index (χ0) is 36.6. The van der Waals surface area contributed by atoms with Crippen LogP contribution in [0.5, 0.6) is 0 Å². The van der Waals surface area contributed by atoms with E-state index in [1.165, 1.54) is 23.5 Å². The number of halogens is 2. The fraction of sp³-hybridized carbons (Fsp3) is 0.465. The number of nitrogens with zero attached hydrogens (tertiary/aromatic N) is 7. The van der Waals surface area contributed by atoms with Gasteiger partial charge in [0.15, 0.2) is 0 Å². The maximum absolute atomic E-state index is 13.7. The Labute approximate surface area is 311 Å². The summed E-state index contributed by atoms with van der Waals surface area (Å²) in [6, 6.07) is 15.5. The van der Waals surface area contributed by atoms with Gasteiger partial charge in [-0.05, 0) is 131 Å². The molecule has 8 rings (SSSR count). The minimum atomic E-state index is -0.480. The van der Waals surface area contributed by atoms with Crippen molar-refractivity contribution >= 4 is 28.4 Å². The van der Waals surface area contributed by atoms with Crippen LogP contribution in [0.25, 0.3) is 28.0 Å². The van der Waals surface area contributed by atoms with Crippen LogP contribution in [-0.2, 0) is 26.4 Å². The van der Waals surface area contributed by atoms with Crippen molar-refractivity contribution in [3.63, 3.8) is 0 Å². The molecule has 3 aliphatic rings. The molecule has 2 saturated heterocycles. The summed E-state index contributed by atoms with van der Waals surface area (Å²) in [7, 11) is 2.03. The molecule has 3 aromatic heterocycles. The summed E-state index contributed by atoms with van der Waals surface area (Å²) in [5.41, 5.74) is 10.2. The van der Waals surface area contributed by atoms with Crippen molar-refractivity contribution in [3.05, 3.63) is 95.5 Å². The lowest BCUT2D eigenvalue weighted by atomic mass is 9.88. The minimum Gasteiger partial charge on any atom is -0.371 e. The van der Waals surface area contributed by atoms with E-state index in [0.717, 1.165) is 147 Å². The molecule has 278 valence electrons. The van der Waals surface area contributed by atoms with Gasteiger partial charge in [-0.1, -0.05) is 19.9 Å². The fourth-order valence-electron chi connectivity index (χ4n) is 9.01. The lowest BCUT2D eigenvalue weighted by molar-refractivity contribution is 0.115. The van der Waals surface area contributed by atoms with Crippen molar-refractivity contribution in [1.82, 2.24) is 29.2 Å². The number of nitrogens with one attached hydrogen (secondary N) is 1. The van der Waals surface area contributed by atoms with Crippen molar-refractivity contribution in [2.45, 2.75) is 84.2 Å². The average Bonchev–Trinajstić information content (AvgIpc) is 3.67. The van der Waals surface area contributed by atoms with Crippen LogP contribution in [0.2, 0.25) is 0 Å². The summed E-state index contributed by atoms with van der Waals surface area (Å²) >= 11 is 0. The molecule has 1 N–H and O–H groups in total. The third-order valence-corrected chi connectivity index (χ3v) is 11.9. The topological polar surface area (TPSA) is 67.0 Å². The number of benzene rings is 2. The zero-order valence-electron chi connectivity index (χ0n) is 31.4. The number of aryl methyl sites for hydroxylation is 2. The number of aromatic nitrogens is 5. The molecule has 0 aliphatic carbocycles. The standard InChI is InChI=1S/C43H52F2N8/c1-28-7-5-6-8-41-38(26-46-50(41)4)40-23-33(19-29(2)47-40)30(3)48-43-49-39-10-9-37(25-42(39)53(43)27-28)52-17-13-36(14-18-52)51-15-11-31(12-16-51)20-32-21-34(44)24-35(45)22-32/h9-10,19,21-26,28,31,36H,3,5-8,11-18,20,27H2,1-2,4H3,(H,48,49)/t28-/m1/s1. The summed E-state index contributed by atoms with van der Waals surface area (Å²) in [4.78, 5) is 15.2. The van der Waals surface area contributed by atoms with Gasteiger partial charge in [0, 0.05) is 72.7 Å². The first-order chi connectivity index (χ1) is 25.7. The normalized spacial score (nSPS) is 19.8. The van der Waals surface area contributed by atoms with Crippen molar-refractivity contribution in [3.8, 4) is 11.3 Å². The lowest BCUT2D eigenvalue weighted by Crippen LogP contribution is -2.48. The van der Waals surface area contributed by atoms with Crippen molar-refractivity contribution in [2.75, 3.05) is 36.4 Å². The third kappa shape index (κ3) is 7.74. The minimum absolute atomic E-state index is 0.473. The number of fused-ring (bicyclic) bond motifs is 7. The maximum atomic E-state index is 13.7. The second-order valence-electron chi connectivity index (χ2n) is 15.9. The lowest BCUT2D eigenvalue weighted by Gasteiger charge is -2.42. The Morgan fingerprint density at radius 2 is 1.66 bits per heavy atom. The number of likely N-dealkylation sites (tertiary alicyclic amines) is 1. The zero-order valence-corrected chi connectivity index (χ0v) is 31.4. The van der Waals surface area contributed by atoms with E-state index in [9.17, 15) is 8.78 Å². The summed E-state index contributed by atoms with van der Waals surface area (Å²) < 4.78 is 31.9. The van der Waals surface area contributed by atoms with Gasteiger partial charge in [-0.3, -0.25) is 9.67 Å². The third-order valence-electron chi connectivity index (χ3n) is 11.9. The highest BCUT2D eigenvalue weighted by molar-refractivity contribution is 5.85. The molecule has 0 saturated carbocycles. The van der Waals surface area contributed by atoms with Crippen LogP contribution in [0.15, 0.2) is 61.3 Å². The van der Waals surface area contributed by atoms with E-state index in [0.29, 0.717) is 17.9 Å². The Morgan fingerprint density at radius 1 is 0.887 bits per heavy atom. The number of anilines is 2. The molecule has 6 heterocycles. The predicted octanol–water partition coefficient (Wildman–Crippen LogP) is 8.79. The highest BCUT2D eigenvalue weighted by atomic mass is 19.1. The molecule has 0 radical (unpaired) electrons. The van der Waals surface area contributed by atoms with Gasteiger partial charge >= 0.3 is 0 Å². The van der Waals surface area contributed by atoms with Gasteiger partial charge in [0.25, 0.3) is 0 Å². The molecule has 5 aromatic rings. The first kappa shape index (κ1) is 35.5. The Bertz CT molecular complexity index is 2080. The van der Waals surface area contributed by atoms with Crippen LogP contribution < -0.4 is 10.2 Å². The second-order valence-corrected chi connectivity index (χ2v) is 15.9. The van der Waals surface area contributed by atoms with Gasteiger partial charge in [0.1, 0.15) is 11.6 Å². The SMILES string of the molecule is C=C1Nc2nc3ccc(N4CCC(N5CCC(Cc6cc(F)cc(F)c6)CC5)CC4)cc3n2C[C@H](C)CCCCc2c(cnn2C)-c2cc1cc(C)n2. The summed E-state index contributed by atoms with van der Waals surface area (Å²) in [5.74, 6) is 0.815. The van der Waals surface area contributed by atoms with Crippen molar-refractivity contribution in [2.24, 2.45) is 18.9 Å². The number of pyridine rings is 1. The number of hydrogen-bond donors (Lipinski definition) is 1. The summed E-state index contributed by atoms with van der Waals surface area (Å²) in [6.07, 6.45) is 11.5. The van der Waals surface area contributed by atoms with E-state index in [1.807, 2.05) is 24.9 Å². The van der Waals surface area contributed by atoms with Crippen LogP contribution in [0.1, 0.15) is 74.4 Å². The molecule has 1 atom stereocenters. The molecule has 0 spiro atoms. The highest BCUT2D eigenvalue weighted by Gasteiger charge is 2.29. The molecule has 53 heavy (non-hydrogen) atoms. The smallest absolute Gasteiger partial charge is 0.208 e. The Kier molecular flexibility index (Phi) is 10.1. The molecule has 10 heteroatoms. The number of hydrogen-bond acceptors (Lipinski definition) is 6. The van der Waals surface area contributed by atoms with E-state index < -0.39 is 11.6 Å². The van der Waals surface area contributed by atoms with Gasteiger partial charge in [-0.2, -0.15) is 5.10 Å². The van der Waals surface area contributed by atoms with E-state index in [2.05, 4.69) is 68.6 Å². The van der Waals surface area contributed by atoms with Crippen molar-refractivity contribution in [1.29, 1.82) is 0 Å². The molecule has 2 fully saturated rings. The largest absolute Gasteiger partial charge is 0.371 e. The number of rotatable bonds is 4. The second kappa shape index (κ2) is 15.0. The van der Waals surface area contributed by atoms with Crippen LogP contribution in [0.4, 0.5) is 20.4 Å².